The van der Waals surface area contributed by atoms with Gasteiger partial charge in [0.2, 0.25) is 0 Å². The number of hydrogen-bond acceptors (Lipinski definition) is 4. The molecular formula is C20H12BrF2N3OS. The van der Waals surface area contributed by atoms with Crippen molar-refractivity contribution < 1.29 is 13.6 Å². The summed E-state index contributed by atoms with van der Waals surface area (Å²) in [5.41, 5.74) is 1.28. The highest BCUT2D eigenvalue weighted by atomic mass is 79.9. The minimum atomic E-state index is -0.756. The number of benzene rings is 2. The van der Waals surface area contributed by atoms with Gasteiger partial charge >= 0.3 is 0 Å². The lowest BCUT2D eigenvalue weighted by Crippen LogP contribution is -2.30. The molecule has 8 heteroatoms. The van der Waals surface area contributed by atoms with Crippen LogP contribution < -0.4 is 4.90 Å². The Morgan fingerprint density at radius 1 is 1.14 bits per heavy atom. The molecule has 2 aromatic carbocycles. The van der Waals surface area contributed by atoms with Gasteiger partial charge < -0.3 is 0 Å². The first kappa shape index (κ1) is 18.6. The molecule has 2 aromatic heterocycles. The number of nitrogens with zero attached hydrogens (tertiary/aromatic N) is 3. The monoisotopic (exact) mass is 459 g/mol. The molecule has 1 amide bonds. The number of pyridine rings is 1. The second kappa shape index (κ2) is 7.73. The van der Waals surface area contributed by atoms with Crippen molar-refractivity contribution in [3.05, 3.63) is 88.2 Å². The summed E-state index contributed by atoms with van der Waals surface area (Å²) < 4.78 is 28.8. The SMILES string of the molecule is O=C(c1cccc(Br)c1)N(Cc1cccnc1)c1nc2c(F)cc(F)cc2s1. The molecule has 28 heavy (non-hydrogen) atoms. The number of anilines is 1. The summed E-state index contributed by atoms with van der Waals surface area (Å²) in [6, 6.07) is 12.6. The van der Waals surface area contributed by atoms with Crippen LogP contribution in [0.5, 0.6) is 0 Å². The third-order valence-corrected chi connectivity index (χ3v) is 5.53. The highest BCUT2D eigenvalue weighted by Crippen LogP contribution is 2.33. The molecule has 0 saturated heterocycles. The number of rotatable bonds is 4. The Morgan fingerprint density at radius 2 is 2.00 bits per heavy atom. The fraction of sp³-hybridized carbons (Fsp3) is 0.0500. The highest BCUT2D eigenvalue weighted by Gasteiger charge is 2.23. The maximum absolute atomic E-state index is 14.1. The van der Waals surface area contributed by atoms with E-state index in [-0.39, 0.29) is 23.1 Å². The minimum Gasteiger partial charge on any atom is -0.279 e. The van der Waals surface area contributed by atoms with Crippen LogP contribution in [-0.2, 0) is 6.54 Å². The van der Waals surface area contributed by atoms with E-state index in [1.165, 1.54) is 11.0 Å². The van der Waals surface area contributed by atoms with E-state index < -0.39 is 11.6 Å². The molecule has 4 rings (SSSR count). The Balaban J connectivity index is 1.80. The van der Waals surface area contributed by atoms with Crippen LogP contribution in [0.15, 0.2) is 65.4 Å². The molecule has 0 atom stereocenters. The van der Waals surface area contributed by atoms with Crippen LogP contribution in [-0.4, -0.2) is 15.9 Å². The van der Waals surface area contributed by atoms with Crippen LogP contribution in [0.2, 0.25) is 0 Å². The van der Waals surface area contributed by atoms with Crippen LogP contribution in [0.1, 0.15) is 15.9 Å². The fourth-order valence-electron chi connectivity index (χ4n) is 2.74. The van der Waals surface area contributed by atoms with E-state index in [0.717, 1.165) is 27.4 Å². The van der Waals surface area contributed by atoms with Crippen LogP contribution in [0.4, 0.5) is 13.9 Å². The third kappa shape index (κ3) is 3.79. The van der Waals surface area contributed by atoms with Crippen molar-refractivity contribution in [1.82, 2.24) is 9.97 Å². The minimum absolute atomic E-state index is 0.0413. The number of halogens is 3. The average Bonchev–Trinajstić information content (AvgIpc) is 3.10. The number of hydrogen-bond donors (Lipinski definition) is 0. The van der Waals surface area contributed by atoms with Crippen LogP contribution in [0.3, 0.4) is 0 Å². The molecule has 0 aliphatic carbocycles. The smallest absolute Gasteiger partial charge is 0.260 e. The molecule has 0 aliphatic rings. The number of aromatic nitrogens is 2. The van der Waals surface area contributed by atoms with Crippen molar-refractivity contribution >= 4 is 48.5 Å². The topological polar surface area (TPSA) is 46.1 Å². The molecule has 0 fully saturated rings. The highest BCUT2D eigenvalue weighted by molar-refractivity contribution is 9.10. The van der Waals surface area contributed by atoms with Crippen LogP contribution in [0.25, 0.3) is 10.2 Å². The predicted molar refractivity (Wildman–Crippen MR) is 108 cm³/mol. The molecule has 4 aromatic rings. The van der Waals surface area contributed by atoms with Crippen molar-refractivity contribution in [3.63, 3.8) is 0 Å². The van der Waals surface area contributed by atoms with E-state index in [2.05, 4.69) is 25.9 Å². The molecule has 140 valence electrons. The number of carbonyl (C=O) groups excluding carboxylic acids is 1. The largest absolute Gasteiger partial charge is 0.279 e. The number of carbonyl (C=O) groups is 1. The van der Waals surface area contributed by atoms with Gasteiger partial charge in [0.05, 0.1) is 11.2 Å². The standard InChI is InChI=1S/C20H12BrF2N3OS/c21-14-5-1-4-13(7-14)19(27)26(11-12-3-2-6-24-10-12)20-25-18-16(23)8-15(22)9-17(18)28-20/h1-10H,11H2. The summed E-state index contributed by atoms with van der Waals surface area (Å²) in [5.74, 6) is -1.74. The maximum Gasteiger partial charge on any atom is 0.260 e. The summed E-state index contributed by atoms with van der Waals surface area (Å²) in [7, 11) is 0. The number of fused-ring (bicyclic) bond motifs is 1. The van der Waals surface area contributed by atoms with Gasteiger partial charge in [-0.25, -0.2) is 13.8 Å². The van der Waals surface area contributed by atoms with Gasteiger partial charge in [-0.2, -0.15) is 0 Å². The predicted octanol–water partition coefficient (Wildman–Crippen LogP) is 5.58. The van der Waals surface area contributed by atoms with Gasteiger partial charge in [-0.1, -0.05) is 39.4 Å². The zero-order chi connectivity index (χ0) is 19.7. The van der Waals surface area contributed by atoms with Crippen molar-refractivity contribution in [1.29, 1.82) is 0 Å². The summed E-state index contributed by atoms with van der Waals surface area (Å²) in [4.78, 5) is 23.0. The van der Waals surface area contributed by atoms with Gasteiger partial charge in [0, 0.05) is 28.5 Å². The van der Waals surface area contributed by atoms with Gasteiger partial charge in [0.25, 0.3) is 5.91 Å². The lowest BCUT2D eigenvalue weighted by molar-refractivity contribution is 0.0985. The molecule has 0 spiro atoms. The van der Waals surface area contributed by atoms with E-state index in [1.54, 1.807) is 36.7 Å². The number of amides is 1. The Labute approximate surface area is 171 Å². The quantitative estimate of drug-likeness (QED) is 0.400. The van der Waals surface area contributed by atoms with Crippen molar-refractivity contribution in [2.45, 2.75) is 6.54 Å². The lowest BCUT2D eigenvalue weighted by Gasteiger charge is -2.20. The molecule has 0 bridgehead atoms. The molecule has 0 aliphatic heterocycles. The summed E-state index contributed by atoms with van der Waals surface area (Å²) in [5, 5.41) is 0.285. The molecule has 0 radical (unpaired) electrons. The van der Waals surface area contributed by atoms with Crippen LogP contribution in [0, 0.1) is 11.6 Å². The van der Waals surface area contributed by atoms with E-state index in [0.29, 0.717) is 10.3 Å². The Bertz CT molecular complexity index is 1170. The second-order valence-corrected chi connectivity index (χ2v) is 7.92. The van der Waals surface area contributed by atoms with Crippen LogP contribution >= 0.6 is 27.3 Å². The third-order valence-electron chi connectivity index (χ3n) is 4.01. The molecular weight excluding hydrogens is 448 g/mol. The van der Waals surface area contributed by atoms with Gasteiger partial charge in [-0.05, 0) is 35.9 Å². The van der Waals surface area contributed by atoms with E-state index in [9.17, 15) is 13.6 Å². The van der Waals surface area contributed by atoms with E-state index in [4.69, 9.17) is 0 Å². The Hall–Kier alpha value is -2.71. The zero-order valence-corrected chi connectivity index (χ0v) is 16.7. The van der Waals surface area contributed by atoms with Gasteiger partial charge in [0.1, 0.15) is 11.3 Å². The lowest BCUT2D eigenvalue weighted by atomic mass is 10.2. The number of thiazole rings is 1. The summed E-state index contributed by atoms with van der Waals surface area (Å²) >= 11 is 4.43. The van der Waals surface area contributed by atoms with Crippen molar-refractivity contribution in [3.8, 4) is 0 Å². The molecule has 2 heterocycles. The van der Waals surface area contributed by atoms with Crippen molar-refractivity contribution in [2.75, 3.05) is 4.90 Å². The fourth-order valence-corrected chi connectivity index (χ4v) is 4.14. The average molecular weight is 460 g/mol. The van der Waals surface area contributed by atoms with E-state index >= 15 is 0 Å². The molecule has 0 N–H and O–H groups in total. The van der Waals surface area contributed by atoms with Gasteiger partial charge in [0.15, 0.2) is 10.9 Å². The van der Waals surface area contributed by atoms with E-state index in [1.807, 2.05) is 12.1 Å². The molecule has 0 saturated carbocycles. The van der Waals surface area contributed by atoms with Crippen molar-refractivity contribution in [2.24, 2.45) is 0 Å². The maximum atomic E-state index is 14.1. The summed E-state index contributed by atoms with van der Waals surface area (Å²) in [6.07, 6.45) is 3.29. The first-order chi connectivity index (χ1) is 13.5. The summed E-state index contributed by atoms with van der Waals surface area (Å²) in [6.45, 7) is 0.198. The molecule has 0 unspecified atom stereocenters. The first-order valence-electron chi connectivity index (χ1n) is 8.23. The second-order valence-electron chi connectivity index (χ2n) is 5.99. The Morgan fingerprint density at radius 3 is 2.75 bits per heavy atom. The Kier molecular flexibility index (Phi) is 5.15. The normalized spacial score (nSPS) is 11.0. The first-order valence-corrected chi connectivity index (χ1v) is 9.84. The van der Waals surface area contributed by atoms with Gasteiger partial charge in [-0.3, -0.25) is 14.7 Å². The molecule has 4 nitrogen and oxygen atoms in total. The zero-order valence-electron chi connectivity index (χ0n) is 14.3. The van der Waals surface area contributed by atoms with Gasteiger partial charge in [-0.15, -0.1) is 0 Å².